The van der Waals surface area contributed by atoms with Crippen LogP contribution in [0.15, 0.2) is 9.57 Å². The number of amidine groups is 1. The molecule has 1 heterocycles. The molecule has 0 saturated heterocycles. The summed E-state index contributed by atoms with van der Waals surface area (Å²) in [4.78, 5) is 4.27. The molecule has 0 amide bonds. The van der Waals surface area contributed by atoms with Gasteiger partial charge in [0.25, 0.3) is 0 Å². The Morgan fingerprint density at radius 1 is 1.47 bits per heavy atom. The number of nitrogens with two attached hydrogens (primary N) is 1. The summed E-state index contributed by atoms with van der Waals surface area (Å²) in [7, 11) is 0. The van der Waals surface area contributed by atoms with Crippen LogP contribution in [0.5, 0.6) is 0 Å². The first-order valence-corrected chi connectivity index (χ1v) is 5.73. The Hall–Kier alpha value is -1.56. The van der Waals surface area contributed by atoms with E-state index in [2.05, 4.69) is 15.5 Å². The maximum absolute atomic E-state index is 8.34. The summed E-state index contributed by atoms with van der Waals surface area (Å²) in [5.41, 5.74) is 6.29. The van der Waals surface area contributed by atoms with Crippen molar-refractivity contribution >= 4 is 5.84 Å². The average Bonchev–Trinajstić information content (AvgIpc) is 2.62. The fourth-order valence-electron chi connectivity index (χ4n) is 1.42. The van der Waals surface area contributed by atoms with Crippen LogP contribution in [0.3, 0.4) is 0 Å². The van der Waals surface area contributed by atoms with Gasteiger partial charge in [-0.15, -0.1) is 0 Å². The molecule has 96 valence electrons. The van der Waals surface area contributed by atoms with Crippen LogP contribution in [0.4, 0.5) is 0 Å². The first-order chi connectivity index (χ1) is 8.13. The maximum Gasteiger partial charge on any atom is 0.208 e. The summed E-state index contributed by atoms with van der Waals surface area (Å²) in [6.07, 6.45) is 2.48. The van der Waals surface area contributed by atoms with Crippen molar-refractivity contribution in [3.63, 3.8) is 0 Å². The van der Waals surface area contributed by atoms with Crippen LogP contribution in [0.2, 0.25) is 0 Å². The van der Waals surface area contributed by atoms with E-state index in [9.17, 15) is 0 Å². The molecule has 4 N–H and O–H groups in total. The van der Waals surface area contributed by atoms with E-state index < -0.39 is 0 Å². The second kappa shape index (κ2) is 6.90. The third-order valence-electron chi connectivity index (χ3n) is 2.51. The number of nitrogens with one attached hydrogen (secondary N) is 1. The molecule has 0 aromatic carbocycles. The van der Waals surface area contributed by atoms with Crippen LogP contribution in [0.25, 0.3) is 0 Å². The lowest BCUT2D eigenvalue weighted by atomic mass is 10.2. The van der Waals surface area contributed by atoms with E-state index in [0.717, 1.165) is 36.7 Å². The monoisotopic (exact) mass is 240 g/mol. The van der Waals surface area contributed by atoms with E-state index in [1.807, 2.05) is 13.8 Å². The SMILES string of the molecule is Cc1nc(CNCCCCC(N)=NO)oc1C. The first kappa shape index (κ1) is 13.5. The molecule has 6 heteroatoms. The normalized spacial score (nSPS) is 12.0. The minimum Gasteiger partial charge on any atom is -0.444 e. The van der Waals surface area contributed by atoms with Gasteiger partial charge in [0.15, 0.2) is 0 Å². The number of oxazole rings is 1. The summed E-state index contributed by atoms with van der Waals surface area (Å²) >= 11 is 0. The summed E-state index contributed by atoms with van der Waals surface area (Å²) < 4.78 is 5.43. The highest BCUT2D eigenvalue weighted by atomic mass is 16.4. The Morgan fingerprint density at radius 2 is 2.24 bits per heavy atom. The number of oxime groups is 1. The summed E-state index contributed by atoms with van der Waals surface area (Å²) in [6, 6.07) is 0. The molecule has 0 radical (unpaired) electrons. The third-order valence-corrected chi connectivity index (χ3v) is 2.51. The predicted molar refractivity (Wildman–Crippen MR) is 64.9 cm³/mol. The van der Waals surface area contributed by atoms with Gasteiger partial charge in [0, 0.05) is 6.42 Å². The molecule has 0 bridgehead atoms. The van der Waals surface area contributed by atoms with Crippen LogP contribution < -0.4 is 11.1 Å². The van der Waals surface area contributed by atoms with E-state index in [-0.39, 0.29) is 5.84 Å². The van der Waals surface area contributed by atoms with E-state index >= 15 is 0 Å². The average molecular weight is 240 g/mol. The molecule has 0 aliphatic rings. The predicted octanol–water partition coefficient (Wildman–Crippen LogP) is 1.30. The Bertz CT molecular complexity index is 354. The lowest BCUT2D eigenvalue weighted by molar-refractivity contribution is 0.316. The van der Waals surface area contributed by atoms with Crippen LogP contribution in [0, 0.1) is 13.8 Å². The van der Waals surface area contributed by atoms with Crippen molar-refractivity contribution < 1.29 is 9.62 Å². The standard InChI is InChI=1S/C11H20N4O2/c1-8-9(2)17-11(14-8)7-13-6-4-3-5-10(12)15-16/h13,16H,3-7H2,1-2H3,(H2,12,15). The van der Waals surface area contributed by atoms with Gasteiger partial charge in [-0.1, -0.05) is 5.16 Å². The molecule has 0 aliphatic heterocycles. The Morgan fingerprint density at radius 3 is 2.82 bits per heavy atom. The molecule has 6 nitrogen and oxygen atoms in total. The second-order valence-corrected chi connectivity index (χ2v) is 3.97. The van der Waals surface area contributed by atoms with Crippen LogP contribution in [-0.4, -0.2) is 22.6 Å². The molecule has 1 rings (SSSR count). The highest BCUT2D eigenvalue weighted by Crippen LogP contribution is 2.07. The van der Waals surface area contributed by atoms with Crippen molar-refractivity contribution in [2.24, 2.45) is 10.9 Å². The zero-order valence-corrected chi connectivity index (χ0v) is 10.4. The minimum atomic E-state index is 0.281. The second-order valence-electron chi connectivity index (χ2n) is 3.97. The molecule has 17 heavy (non-hydrogen) atoms. The van der Waals surface area contributed by atoms with Crippen molar-refractivity contribution in [1.29, 1.82) is 0 Å². The molecule has 0 atom stereocenters. The minimum absolute atomic E-state index is 0.281. The van der Waals surface area contributed by atoms with E-state index in [4.69, 9.17) is 15.4 Å². The van der Waals surface area contributed by atoms with E-state index in [1.54, 1.807) is 0 Å². The molecule has 0 fully saturated rings. The molecule has 1 aromatic rings. The number of aryl methyl sites for hydroxylation is 2. The number of hydrogen-bond acceptors (Lipinski definition) is 5. The molecule has 1 aromatic heterocycles. The van der Waals surface area contributed by atoms with Crippen LogP contribution >= 0.6 is 0 Å². The molecule has 0 aliphatic carbocycles. The zero-order valence-electron chi connectivity index (χ0n) is 10.4. The van der Waals surface area contributed by atoms with Crippen LogP contribution in [0.1, 0.15) is 36.6 Å². The lowest BCUT2D eigenvalue weighted by Gasteiger charge is -2.01. The topological polar surface area (TPSA) is 96.7 Å². The van der Waals surface area contributed by atoms with Gasteiger partial charge in [-0.05, 0) is 33.2 Å². The first-order valence-electron chi connectivity index (χ1n) is 5.73. The Kier molecular flexibility index (Phi) is 5.48. The van der Waals surface area contributed by atoms with Crippen molar-refractivity contribution in [2.75, 3.05) is 6.54 Å². The van der Waals surface area contributed by atoms with Gasteiger partial charge in [0.2, 0.25) is 5.89 Å². The smallest absolute Gasteiger partial charge is 0.208 e. The number of rotatable bonds is 7. The molecule has 0 saturated carbocycles. The summed E-state index contributed by atoms with van der Waals surface area (Å²) in [6.45, 7) is 5.33. The number of unbranched alkanes of at least 4 members (excludes halogenated alkanes) is 1. The van der Waals surface area contributed by atoms with Gasteiger partial charge in [-0.25, -0.2) is 4.98 Å². The number of hydrogen-bond donors (Lipinski definition) is 3. The highest BCUT2D eigenvalue weighted by molar-refractivity contribution is 5.79. The fraction of sp³-hybridized carbons (Fsp3) is 0.636. The van der Waals surface area contributed by atoms with E-state index in [0.29, 0.717) is 13.0 Å². The number of nitrogens with zero attached hydrogens (tertiary/aromatic N) is 2. The van der Waals surface area contributed by atoms with Gasteiger partial charge < -0.3 is 20.7 Å². The fourth-order valence-corrected chi connectivity index (χ4v) is 1.42. The van der Waals surface area contributed by atoms with Gasteiger partial charge in [0.05, 0.1) is 12.2 Å². The zero-order chi connectivity index (χ0) is 12.7. The lowest BCUT2D eigenvalue weighted by Crippen LogP contribution is -2.16. The van der Waals surface area contributed by atoms with Crippen molar-refractivity contribution in [2.45, 2.75) is 39.7 Å². The third kappa shape index (κ3) is 4.86. The quantitative estimate of drug-likeness (QED) is 0.219. The Labute approximate surface area is 101 Å². The van der Waals surface area contributed by atoms with E-state index in [1.165, 1.54) is 0 Å². The summed E-state index contributed by atoms with van der Waals surface area (Å²) in [5.74, 6) is 1.87. The largest absolute Gasteiger partial charge is 0.444 e. The Balaban J connectivity index is 2.08. The van der Waals surface area contributed by atoms with Gasteiger partial charge in [0.1, 0.15) is 11.6 Å². The van der Waals surface area contributed by atoms with Gasteiger partial charge in [-0.2, -0.15) is 0 Å². The molecule has 0 spiro atoms. The maximum atomic E-state index is 8.34. The van der Waals surface area contributed by atoms with Crippen molar-refractivity contribution in [3.05, 3.63) is 17.3 Å². The molecular weight excluding hydrogens is 220 g/mol. The van der Waals surface area contributed by atoms with Crippen molar-refractivity contribution in [1.82, 2.24) is 10.3 Å². The van der Waals surface area contributed by atoms with Gasteiger partial charge in [-0.3, -0.25) is 0 Å². The van der Waals surface area contributed by atoms with Crippen LogP contribution in [-0.2, 0) is 6.54 Å². The van der Waals surface area contributed by atoms with Gasteiger partial charge >= 0.3 is 0 Å². The number of aromatic nitrogens is 1. The molecule has 0 unspecified atom stereocenters. The summed E-state index contributed by atoms with van der Waals surface area (Å²) in [5, 5.41) is 14.5. The van der Waals surface area contributed by atoms with Crippen molar-refractivity contribution in [3.8, 4) is 0 Å². The molecular formula is C11H20N4O2. The highest BCUT2D eigenvalue weighted by Gasteiger charge is 2.04.